The van der Waals surface area contributed by atoms with Gasteiger partial charge in [-0.1, -0.05) is 67.1 Å². The van der Waals surface area contributed by atoms with Crippen molar-refractivity contribution in [2.24, 2.45) is 10.9 Å². The van der Waals surface area contributed by atoms with Gasteiger partial charge in [-0.25, -0.2) is 4.98 Å². The molecular formula is C30H33ClN4. The lowest BCUT2D eigenvalue weighted by Gasteiger charge is -2.12. The van der Waals surface area contributed by atoms with E-state index in [4.69, 9.17) is 21.6 Å². The first-order valence-corrected chi connectivity index (χ1v) is 13.4. The number of aromatic nitrogens is 2. The topological polar surface area (TPSA) is 53.1 Å². The van der Waals surface area contributed by atoms with Gasteiger partial charge in [-0.3, -0.25) is 4.99 Å². The van der Waals surface area contributed by atoms with Crippen LogP contribution >= 0.6 is 11.6 Å². The Kier molecular flexibility index (Phi) is 6.11. The second kappa shape index (κ2) is 9.40. The highest BCUT2D eigenvalue weighted by atomic mass is 35.5. The Labute approximate surface area is 212 Å². The largest absolute Gasteiger partial charge is 0.332 e. The molecule has 6 rings (SSSR count). The Morgan fingerprint density at radius 2 is 1.51 bits per heavy atom. The van der Waals surface area contributed by atoms with Crippen molar-refractivity contribution in [3.63, 3.8) is 0 Å². The van der Waals surface area contributed by atoms with Crippen molar-refractivity contribution in [3.8, 4) is 22.4 Å². The molecule has 4 nitrogen and oxygen atoms in total. The Morgan fingerprint density at radius 1 is 0.829 bits per heavy atom. The van der Waals surface area contributed by atoms with Gasteiger partial charge in [0.15, 0.2) is 0 Å². The first-order chi connectivity index (χ1) is 17.0. The molecule has 2 N–H and O–H groups in total. The Balaban J connectivity index is 1.13. The van der Waals surface area contributed by atoms with E-state index in [0.29, 0.717) is 23.2 Å². The van der Waals surface area contributed by atoms with Crippen LogP contribution in [0.4, 0.5) is 0 Å². The predicted molar refractivity (Wildman–Crippen MR) is 146 cm³/mol. The smallest absolute Gasteiger partial charge is 0.134 e. The van der Waals surface area contributed by atoms with Crippen molar-refractivity contribution >= 4 is 22.9 Å². The molecule has 3 aliphatic rings. The van der Waals surface area contributed by atoms with Gasteiger partial charge in [0.2, 0.25) is 0 Å². The Bertz CT molecular complexity index is 1270. The number of hydrogen-bond donors (Lipinski definition) is 2. The summed E-state index contributed by atoms with van der Waals surface area (Å²) in [6.45, 7) is 4.58. The van der Waals surface area contributed by atoms with Gasteiger partial charge >= 0.3 is 0 Å². The van der Waals surface area contributed by atoms with Gasteiger partial charge < -0.3 is 10.3 Å². The van der Waals surface area contributed by atoms with Crippen molar-refractivity contribution < 1.29 is 0 Å². The molecule has 0 amide bonds. The van der Waals surface area contributed by atoms with E-state index >= 15 is 0 Å². The number of rotatable bonds is 5. The summed E-state index contributed by atoms with van der Waals surface area (Å²) in [6.07, 6.45) is 9.09. The van der Waals surface area contributed by atoms with E-state index in [0.717, 1.165) is 29.4 Å². The quantitative estimate of drug-likeness (QED) is 0.391. The van der Waals surface area contributed by atoms with Crippen LogP contribution in [0.2, 0.25) is 5.15 Å². The summed E-state index contributed by atoms with van der Waals surface area (Å²) in [5.41, 5.74) is 8.17. The van der Waals surface area contributed by atoms with E-state index in [2.05, 4.69) is 78.9 Å². The van der Waals surface area contributed by atoms with Crippen LogP contribution in [0.25, 0.3) is 28.0 Å². The van der Waals surface area contributed by atoms with Gasteiger partial charge in [-0.2, -0.15) is 0 Å². The highest BCUT2D eigenvalue weighted by molar-refractivity contribution is 6.31. The number of benzene rings is 2. The monoisotopic (exact) mass is 484 g/mol. The van der Waals surface area contributed by atoms with Crippen LogP contribution in [0.3, 0.4) is 0 Å². The Hall–Kier alpha value is -2.69. The average Bonchev–Trinajstić information content (AvgIpc) is 3.67. The number of imidazole rings is 1. The molecule has 4 atom stereocenters. The fraction of sp³-hybridized carbons (Fsp3) is 0.400. The summed E-state index contributed by atoms with van der Waals surface area (Å²) in [6, 6.07) is 18.5. The maximum atomic E-state index is 6.55. The SMILES string of the molecule is C[C@H]1CC[C@@H](c2nc(-c3ccc(-c4ccc(C5=CN=C([C@@H]6CC[C@H](C)N6)C5)cc4)cc3)c(Cl)[nH]2)C1. The molecule has 0 spiro atoms. The van der Waals surface area contributed by atoms with Gasteiger partial charge in [0, 0.05) is 41.9 Å². The van der Waals surface area contributed by atoms with Crippen LogP contribution in [0.15, 0.2) is 59.7 Å². The minimum absolute atomic E-state index is 0.442. The van der Waals surface area contributed by atoms with Crippen molar-refractivity contribution in [2.75, 3.05) is 0 Å². The zero-order valence-electron chi connectivity index (χ0n) is 20.5. The molecule has 1 aliphatic carbocycles. The number of nitrogens with one attached hydrogen (secondary N) is 2. The third kappa shape index (κ3) is 4.62. The second-order valence-electron chi connectivity index (χ2n) is 10.7. The van der Waals surface area contributed by atoms with E-state index in [1.807, 2.05) is 0 Å². The zero-order valence-corrected chi connectivity index (χ0v) is 21.3. The average molecular weight is 485 g/mol. The summed E-state index contributed by atoms with van der Waals surface area (Å²) in [7, 11) is 0. The number of aliphatic imine (C=N–C) groups is 1. The van der Waals surface area contributed by atoms with E-state index < -0.39 is 0 Å². The number of aromatic amines is 1. The normalized spacial score (nSPS) is 26.3. The lowest BCUT2D eigenvalue weighted by molar-refractivity contribution is 0.588. The van der Waals surface area contributed by atoms with Gasteiger partial charge in [-0.15, -0.1) is 0 Å². The molecule has 2 aromatic carbocycles. The van der Waals surface area contributed by atoms with Crippen LogP contribution in [0, 0.1) is 5.92 Å². The summed E-state index contributed by atoms with van der Waals surface area (Å²) in [5.74, 6) is 2.31. The maximum Gasteiger partial charge on any atom is 0.134 e. The summed E-state index contributed by atoms with van der Waals surface area (Å²) >= 11 is 6.55. The first-order valence-electron chi connectivity index (χ1n) is 13.0. The zero-order chi connectivity index (χ0) is 23.9. The highest BCUT2D eigenvalue weighted by Crippen LogP contribution is 2.39. The fourth-order valence-electron chi connectivity index (χ4n) is 5.93. The standard InChI is InChI=1S/C30H33ClN4/c1-18-3-5-24(15-18)30-34-28(29(31)35-30)23-12-10-21(11-13-23)20-6-8-22(9-7-20)25-16-27(32-17-25)26-14-4-19(2)33-26/h6-13,17-19,24,26,33H,3-5,14-16H2,1-2H3,(H,34,35)/t18-,19-,24+,26-/m0/s1. The van der Waals surface area contributed by atoms with Crippen molar-refractivity contribution in [3.05, 3.63) is 71.3 Å². The molecule has 1 saturated heterocycles. The van der Waals surface area contributed by atoms with Gasteiger partial charge in [-0.05, 0) is 67.2 Å². The van der Waals surface area contributed by atoms with Crippen molar-refractivity contribution in [1.82, 2.24) is 15.3 Å². The molecule has 0 bridgehead atoms. The van der Waals surface area contributed by atoms with E-state index in [1.54, 1.807) is 0 Å². The van der Waals surface area contributed by atoms with Crippen LogP contribution in [-0.4, -0.2) is 27.8 Å². The molecule has 1 aromatic heterocycles. The first kappa shape index (κ1) is 22.8. The molecule has 0 unspecified atom stereocenters. The number of halogens is 1. The van der Waals surface area contributed by atoms with Crippen molar-refractivity contribution in [1.29, 1.82) is 0 Å². The number of H-pyrrole nitrogens is 1. The summed E-state index contributed by atoms with van der Waals surface area (Å²) in [5, 5.41) is 4.30. The summed E-state index contributed by atoms with van der Waals surface area (Å²) in [4.78, 5) is 13.0. The molecule has 3 aromatic rings. The number of hydrogen-bond acceptors (Lipinski definition) is 3. The highest BCUT2D eigenvalue weighted by Gasteiger charge is 2.28. The third-order valence-corrected chi connectivity index (χ3v) is 8.31. The second-order valence-corrected chi connectivity index (χ2v) is 11.1. The van der Waals surface area contributed by atoms with Crippen LogP contribution in [-0.2, 0) is 0 Å². The molecule has 180 valence electrons. The van der Waals surface area contributed by atoms with Crippen LogP contribution < -0.4 is 5.32 Å². The number of nitrogens with zero attached hydrogens (tertiary/aromatic N) is 2. The fourth-order valence-corrected chi connectivity index (χ4v) is 6.18. The molecule has 2 fully saturated rings. The molecular weight excluding hydrogens is 452 g/mol. The van der Waals surface area contributed by atoms with Gasteiger partial charge in [0.1, 0.15) is 16.7 Å². The molecule has 1 saturated carbocycles. The van der Waals surface area contributed by atoms with Crippen LogP contribution in [0.1, 0.15) is 69.7 Å². The molecule has 2 aliphatic heterocycles. The third-order valence-electron chi connectivity index (χ3n) is 8.04. The summed E-state index contributed by atoms with van der Waals surface area (Å²) < 4.78 is 0. The number of allylic oxidation sites excluding steroid dienone is 1. The molecule has 0 radical (unpaired) electrons. The molecule has 3 heterocycles. The predicted octanol–water partition coefficient (Wildman–Crippen LogP) is 7.63. The maximum absolute atomic E-state index is 6.55. The van der Waals surface area contributed by atoms with Gasteiger partial charge in [0.25, 0.3) is 0 Å². The minimum atomic E-state index is 0.442. The molecule has 5 heteroatoms. The van der Waals surface area contributed by atoms with Gasteiger partial charge in [0.05, 0.1) is 0 Å². The van der Waals surface area contributed by atoms with E-state index in [9.17, 15) is 0 Å². The minimum Gasteiger partial charge on any atom is -0.332 e. The van der Waals surface area contributed by atoms with Crippen molar-refractivity contribution in [2.45, 2.75) is 70.4 Å². The van der Waals surface area contributed by atoms with Crippen LogP contribution in [0.5, 0.6) is 0 Å². The van der Waals surface area contributed by atoms with E-state index in [-0.39, 0.29) is 0 Å². The van der Waals surface area contributed by atoms with E-state index in [1.165, 1.54) is 60.1 Å². The lowest BCUT2D eigenvalue weighted by Crippen LogP contribution is -2.33. The molecule has 35 heavy (non-hydrogen) atoms. The Morgan fingerprint density at radius 3 is 2.14 bits per heavy atom. The lowest BCUT2D eigenvalue weighted by atomic mass is 9.96.